The van der Waals surface area contributed by atoms with Gasteiger partial charge in [0, 0.05) is 13.7 Å². The minimum Gasteiger partial charge on any atom is -0.355 e. The van der Waals surface area contributed by atoms with Crippen molar-refractivity contribution in [2.24, 2.45) is 0 Å². The first-order valence-corrected chi connectivity index (χ1v) is 4.04. The summed E-state index contributed by atoms with van der Waals surface area (Å²) in [4.78, 5) is 0.385. The van der Waals surface area contributed by atoms with Crippen molar-refractivity contribution < 1.29 is 9.47 Å². The molecule has 1 aliphatic heterocycles. The summed E-state index contributed by atoms with van der Waals surface area (Å²) in [5, 5.41) is 0. The van der Waals surface area contributed by atoms with Crippen LogP contribution in [0, 0.1) is 0 Å². The Balaban J connectivity index is 2.30. The number of ether oxygens (including phenoxy) is 2. The van der Waals surface area contributed by atoms with Gasteiger partial charge < -0.3 is 9.47 Å². The Morgan fingerprint density at radius 2 is 2.44 bits per heavy atom. The first kappa shape index (κ1) is 7.51. The van der Waals surface area contributed by atoms with Crippen molar-refractivity contribution in [3.05, 3.63) is 0 Å². The van der Waals surface area contributed by atoms with Gasteiger partial charge in [0.2, 0.25) is 0 Å². The van der Waals surface area contributed by atoms with Crippen LogP contribution in [0.2, 0.25) is 0 Å². The van der Waals surface area contributed by atoms with Crippen molar-refractivity contribution >= 4 is 15.9 Å². The molecule has 1 heterocycles. The van der Waals surface area contributed by atoms with E-state index in [-0.39, 0.29) is 6.29 Å². The van der Waals surface area contributed by atoms with Crippen molar-refractivity contribution in [3.63, 3.8) is 0 Å². The van der Waals surface area contributed by atoms with Crippen LogP contribution in [0.5, 0.6) is 0 Å². The molecule has 1 saturated heterocycles. The topological polar surface area (TPSA) is 18.5 Å². The zero-order chi connectivity index (χ0) is 6.69. The molecule has 0 saturated carbocycles. The summed E-state index contributed by atoms with van der Waals surface area (Å²) in [5.74, 6) is 0. The molecular weight excluding hydrogens is 184 g/mol. The van der Waals surface area contributed by atoms with Crippen molar-refractivity contribution in [2.75, 3.05) is 13.7 Å². The summed E-state index contributed by atoms with van der Waals surface area (Å²) in [6.45, 7) is 0.834. The molecule has 2 nitrogen and oxygen atoms in total. The van der Waals surface area contributed by atoms with E-state index in [1.54, 1.807) is 7.11 Å². The number of methoxy groups -OCH3 is 1. The largest absolute Gasteiger partial charge is 0.355 e. The van der Waals surface area contributed by atoms with Gasteiger partial charge in [-0.1, -0.05) is 15.9 Å². The molecule has 0 radical (unpaired) electrons. The highest BCUT2D eigenvalue weighted by Crippen LogP contribution is 2.20. The van der Waals surface area contributed by atoms with E-state index in [0.29, 0.717) is 4.83 Å². The minimum atomic E-state index is -0.0289. The molecule has 1 aliphatic rings. The molecule has 0 unspecified atom stereocenters. The molecule has 9 heavy (non-hydrogen) atoms. The highest BCUT2D eigenvalue weighted by molar-refractivity contribution is 9.09. The van der Waals surface area contributed by atoms with Crippen molar-refractivity contribution in [2.45, 2.75) is 24.0 Å². The van der Waals surface area contributed by atoms with Gasteiger partial charge in [-0.2, -0.15) is 0 Å². The molecule has 0 spiro atoms. The van der Waals surface area contributed by atoms with Crippen molar-refractivity contribution in [3.8, 4) is 0 Å². The van der Waals surface area contributed by atoms with Gasteiger partial charge >= 0.3 is 0 Å². The Kier molecular flexibility index (Phi) is 2.95. The van der Waals surface area contributed by atoms with Crippen molar-refractivity contribution in [1.82, 2.24) is 0 Å². The van der Waals surface area contributed by atoms with Gasteiger partial charge in [0.1, 0.15) is 0 Å². The maximum atomic E-state index is 5.27. The predicted molar refractivity (Wildman–Crippen MR) is 38.7 cm³/mol. The van der Waals surface area contributed by atoms with Crippen LogP contribution in [0.4, 0.5) is 0 Å². The summed E-state index contributed by atoms with van der Waals surface area (Å²) in [7, 11) is 1.67. The molecule has 1 rings (SSSR count). The molecule has 0 amide bonds. The lowest BCUT2D eigenvalue weighted by Crippen LogP contribution is -2.31. The number of rotatable bonds is 1. The lowest BCUT2D eigenvalue weighted by Gasteiger charge is -2.25. The van der Waals surface area contributed by atoms with Crippen LogP contribution in [-0.4, -0.2) is 24.8 Å². The first-order chi connectivity index (χ1) is 4.34. The third-order valence-electron chi connectivity index (χ3n) is 1.43. The average molecular weight is 195 g/mol. The predicted octanol–water partition coefficient (Wildman–Crippen LogP) is 1.53. The molecular formula is C6H11BrO2. The molecule has 0 aliphatic carbocycles. The van der Waals surface area contributed by atoms with Gasteiger partial charge in [-0.15, -0.1) is 0 Å². The van der Waals surface area contributed by atoms with Crippen molar-refractivity contribution in [1.29, 1.82) is 0 Å². The van der Waals surface area contributed by atoms with Crippen LogP contribution in [0.3, 0.4) is 0 Å². The van der Waals surface area contributed by atoms with E-state index in [9.17, 15) is 0 Å². The van der Waals surface area contributed by atoms with Gasteiger partial charge in [-0.3, -0.25) is 0 Å². The standard InChI is InChI=1S/C6H11BrO2/c1-8-6-5(7)3-2-4-9-6/h5-6H,2-4H2,1H3/t5-,6-/m1/s1. The van der Waals surface area contributed by atoms with Gasteiger partial charge in [0.15, 0.2) is 6.29 Å². The van der Waals surface area contributed by atoms with E-state index in [4.69, 9.17) is 9.47 Å². The Labute approximate surface area is 63.7 Å². The second-order valence-electron chi connectivity index (χ2n) is 2.13. The zero-order valence-corrected chi connectivity index (χ0v) is 7.06. The number of halogens is 1. The number of hydrogen-bond acceptors (Lipinski definition) is 2. The fourth-order valence-corrected chi connectivity index (χ4v) is 1.63. The molecule has 0 aromatic heterocycles. The SMILES string of the molecule is CO[C@@H]1OCCC[C@H]1Br. The highest BCUT2D eigenvalue weighted by Gasteiger charge is 2.22. The summed E-state index contributed by atoms with van der Waals surface area (Å²) < 4.78 is 10.3. The van der Waals surface area contributed by atoms with Gasteiger partial charge in [-0.25, -0.2) is 0 Å². The third kappa shape index (κ3) is 1.92. The lowest BCUT2D eigenvalue weighted by atomic mass is 10.2. The van der Waals surface area contributed by atoms with Gasteiger partial charge in [0.25, 0.3) is 0 Å². The molecule has 0 bridgehead atoms. The Morgan fingerprint density at radius 3 is 2.89 bits per heavy atom. The van der Waals surface area contributed by atoms with Gasteiger partial charge in [-0.05, 0) is 12.8 Å². The molecule has 1 fully saturated rings. The highest BCUT2D eigenvalue weighted by atomic mass is 79.9. The van der Waals surface area contributed by atoms with E-state index in [1.807, 2.05) is 0 Å². The van der Waals surface area contributed by atoms with Gasteiger partial charge in [0.05, 0.1) is 4.83 Å². The monoisotopic (exact) mass is 194 g/mol. The first-order valence-electron chi connectivity index (χ1n) is 3.13. The minimum absolute atomic E-state index is 0.0289. The second-order valence-corrected chi connectivity index (χ2v) is 3.31. The summed E-state index contributed by atoms with van der Waals surface area (Å²) >= 11 is 3.46. The summed E-state index contributed by atoms with van der Waals surface area (Å²) in [6.07, 6.45) is 2.26. The number of hydrogen-bond donors (Lipinski definition) is 0. The quantitative estimate of drug-likeness (QED) is 0.590. The Morgan fingerprint density at radius 1 is 1.67 bits per heavy atom. The fraction of sp³-hybridized carbons (Fsp3) is 1.00. The Bertz CT molecular complexity index is 87.1. The maximum Gasteiger partial charge on any atom is 0.169 e. The maximum absolute atomic E-state index is 5.27. The zero-order valence-electron chi connectivity index (χ0n) is 5.47. The van der Waals surface area contributed by atoms with E-state index in [2.05, 4.69) is 15.9 Å². The normalized spacial score (nSPS) is 36.7. The van der Waals surface area contributed by atoms with Crippen LogP contribution in [0.25, 0.3) is 0 Å². The molecule has 2 atom stereocenters. The van der Waals surface area contributed by atoms with E-state index in [1.165, 1.54) is 0 Å². The Hall–Kier alpha value is 0.400. The molecule has 0 aromatic rings. The van der Waals surface area contributed by atoms with Crippen LogP contribution in [0.1, 0.15) is 12.8 Å². The average Bonchev–Trinajstić information content (AvgIpc) is 1.89. The van der Waals surface area contributed by atoms with E-state index in [0.717, 1.165) is 19.4 Å². The summed E-state index contributed by atoms with van der Waals surface area (Å²) in [5.41, 5.74) is 0. The lowest BCUT2D eigenvalue weighted by molar-refractivity contribution is -0.139. The molecule has 3 heteroatoms. The molecule has 0 aromatic carbocycles. The third-order valence-corrected chi connectivity index (χ3v) is 2.32. The van der Waals surface area contributed by atoms with Crippen LogP contribution in [-0.2, 0) is 9.47 Å². The van der Waals surface area contributed by atoms with Crippen LogP contribution in [0.15, 0.2) is 0 Å². The van der Waals surface area contributed by atoms with Crippen LogP contribution < -0.4 is 0 Å². The molecule has 54 valence electrons. The van der Waals surface area contributed by atoms with E-state index >= 15 is 0 Å². The van der Waals surface area contributed by atoms with Crippen LogP contribution >= 0.6 is 15.9 Å². The smallest absolute Gasteiger partial charge is 0.169 e. The number of alkyl halides is 1. The van der Waals surface area contributed by atoms with E-state index < -0.39 is 0 Å². The second kappa shape index (κ2) is 3.54. The summed E-state index contributed by atoms with van der Waals surface area (Å²) in [6, 6.07) is 0. The fourth-order valence-electron chi connectivity index (χ4n) is 0.934. The molecule has 0 N–H and O–H groups in total.